The van der Waals surface area contributed by atoms with Crippen molar-refractivity contribution in [1.82, 2.24) is 15.2 Å². The van der Waals surface area contributed by atoms with Crippen LogP contribution in [0.4, 0.5) is 0 Å². The quantitative estimate of drug-likeness (QED) is 0.589. The zero-order chi connectivity index (χ0) is 22.3. The van der Waals surface area contributed by atoms with E-state index in [0.717, 1.165) is 47.0 Å². The summed E-state index contributed by atoms with van der Waals surface area (Å²) in [6, 6.07) is 16.4. The average molecular weight is 448 g/mol. The highest BCUT2D eigenvalue weighted by Gasteiger charge is 2.46. The van der Waals surface area contributed by atoms with Crippen molar-refractivity contribution in [3.63, 3.8) is 0 Å². The standard InChI is InChI=1S/C26H29N3O2S/c1-17-11-13-18(14-12-17)15-29-24(30)22-23(20-9-5-6-10-21(20)28-22)32-16-26(29,2)25(31)27-19-7-3-4-8-19/h5-6,9-14,19,28H,3-4,7-8,15-16H2,1-2H3,(H,27,31). The van der Waals surface area contributed by atoms with Gasteiger partial charge >= 0.3 is 0 Å². The Bertz CT molecular complexity index is 1160. The van der Waals surface area contributed by atoms with E-state index in [4.69, 9.17) is 0 Å². The Hall–Kier alpha value is -2.73. The van der Waals surface area contributed by atoms with Gasteiger partial charge in [0.25, 0.3) is 5.91 Å². The van der Waals surface area contributed by atoms with E-state index >= 15 is 0 Å². The average Bonchev–Trinajstić information content (AvgIpc) is 3.42. The fourth-order valence-electron chi connectivity index (χ4n) is 4.79. The summed E-state index contributed by atoms with van der Waals surface area (Å²) < 4.78 is 0. The number of carbonyl (C=O) groups is 2. The zero-order valence-electron chi connectivity index (χ0n) is 18.6. The first-order valence-corrected chi connectivity index (χ1v) is 12.4. The molecule has 1 aliphatic heterocycles. The molecule has 2 aliphatic rings. The lowest BCUT2D eigenvalue weighted by atomic mass is 9.98. The first-order valence-electron chi connectivity index (χ1n) is 11.4. The predicted octanol–water partition coefficient (Wildman–Crippen LogP) is 5.04. The van der Waals surface area contributed by atoms with Crippen LogP contribution in [0, 0.1) is 6.92 Å². The van der Waals surface area contributed by atoms with Gasteiger partial charge in [-0.3, -0.25) is 9.59 Å². The number of fused-ring (bicyclic) bond motifs is 3. The molecule has 5 nitrogen and oxygen atoms in total. The smallest absolute Gasteiger partial charge is 0.272 e. The molecule has 5 rings (SSSR count). The summed E-state index contributed by atoms with van der Waals surface area (Å²) in [5.74, 6) is 0.343. The van der Waals surface area contributed by atoms with Crippen LogP contribution >= 0.6 is 11.8 Å². The third kappa shape index (κ3) is 3.71. The van der Waals surface area contributed by atoms with E-state index in [0.29, 0.717) is 18.0 Å². The second-order valence-electron chi connectivity index (χ2n) is 9.27. The summed E-state index contributed by atoms with van der Waals surface area (Å²) in [5.41, 5.74) is 2.78. The van der Waals surface area contributed by atoms with E-state index in [2.05, 4.69) is 22.4 Å². The number of rotatable bonds is 4. The Balaban J connectivity index is 1.55. The number of H-pyrrole nitrogens is 1. The molecule has 3 aromatic rings. The molecule has 1 aromatic heterocycles. The van der Waals surface area contributed by atoms with Crippen LogP contribution in [-0.4, -0.2) is 39.0 Å². The molecule has 1 atom stereocenters. The maximum Gasteiger partial charge on any atom is 0.272 e. The van der Waals surface area contributed by atoms with Crippen LogP contribution in [0.1, 0.15) is 54.2 Å². The van der Waals surface area contributed by atoms with Crippen LogP contribution < -0.4 is 5.32 Å². The highest BCUT2D eigenvalue weighted by atomic mass is 32.2. The number of carbonyl (C=O) groups excluding carboxylic acids is 2. The van der Waals surface area contributed by atoms with Gasteiger partial charge in [-0.1, -0.05) is 60.9 Å². The summed E-state index contributed by atoms with van der Waals surface area (Å²) in [5, 5.41) is 4.30. The van der Waals surface area contributed by atoms with Gasteiger partial charge in [0.05, 0.1) is 0 Å². The van der Waals surface area contributed by atoms with Gasteiger partial charge in [0.1, 0.15) is 11.2 Å². The molecule has 0 radical (unpaired) electrons. The van der Waals surface area contributed by atoms with Crippen LogP contribution in [0.2, 0.25) is 0 Å². The van der Waals surface area contributed by atoms with E-state index in [1.54, 1.807) is 16.7 Å². The number of nitrogens with zero attached hydrogens (tertiary/aromatic N) is 1. The lowest BCUT2D eigenvalue weighted by Gasteiger charge is -2.39. The lowest BCUT2D eigenvalue weighted by molar-refractivity contribution is -0.131. The third-order valence-electron chi connectivity index (χ3n) is 6.85. The minimum atomic E-state index is -0.948. The third-order valence-corrected chi connectivity index (χ3v) is 8.27. The second kappa shape index (κ2) is 8.32. The number of thioether (sulfide) groups is 1. The zero-order valence-corrected chi connectivity index (χ0v) is 19.4. The maximum atomic E-state index is 13.9. The summed E-state index contributed by atoms with van der Waals surface area (Å²) >= 11 is 1.60. The molecular weight excluding hydrogens is 418 g/mol. The summed E-state index contributed by atoms with van der Waals surface area (Å²) in [6.45, 7) is 4.36. The molecule has 32 heavy (non-hydrogen) atoms. The molecule has 1 aliphatic carbocycles. The summed E-state index contributed by atoms with van der Waals surface area (Å²) in [6.07, 6.45) is 4.34. The van der Waals surface area contributed by atoms with Crippen LogP contribution in [0.5, 0.6) is 0 Å². The molecule has 166 valence electrons. The molecule has 0 saturated heterocycles. The van der Waals surface area contributed by atoms with Gasteiger partial charge in [-0.15, -0.1) is 11.8 Å². The first-order chi connectivity index (χ1) is 15.5. The predicted molar refractivity (Wildman–Crippen MR) is 129 cm³/mol. The van der Waals surface area contributed by atoms with E-state index in [1.807, 2.05) is 50.2 Å². The molecule has 2 amide bonds. The Morgan fingerprint density at radius 3 is 2.62 bits per heavy atom. The van der Waals surface area contributed by atoms with Crippen LogP contribution in [-0.2, 0) is 11.3 Å². The topological polar surface area (TPSA) is 65.2 Å². The Labute approximate surface area is 193 Å². The number of benzene rings is 2. The van der Waals surface area contributed by atoms with E-state index in [1.165, 1.54) is 5.56 Å². The maximum absolute atomic E-state index is 13.9. The number of para-hydroxylation sites is 1. The first kappa shape index (κ1) is 21.1. The van der Waals surface area contributed by atoms with Crippen LogP contribution in [0.3, 0.4) is 0 Å². The molecule has 1 fully saturated rings. The molecule has 1 unspecified atom stereocenters. The minimum Gasteiger partial charge on any atom is -0.351 e. The van der Waals surface area contributed by atoms with Crippen molar-refractivity contribution < 1.29 is 9.59 Å². The number of aromatic amines is 1. The molecule has 6 heteroatoms. The molecule has 0 spiro atoms. The molecule has 0 bridgehead atoms. The van der Waals surface area contributed by atoms with Crippen molar-refractivity contribution in [2.24, 2.45) is 0 Å². The monoisotopic (exact) mass is 447 g/mol. The Kier molecular flexibility index (Phi) is 5.49. The van der Waals surface area contributed by atoms with Gasteiger partial charge in [-0.05, 0) is 38.3 Å². The van der Waals surface area contributed by atoms with E-state index in [-0.39, 0.29) is 17.9 Å². The van der Waals surface area contributed by atoms with Crippen molar-refractivity contribution in [2.75, 3.05) is 5.75 Å². The van der Waals surface area contributed by atoms with Gasteiger partial charge in [-0.25, -0.2) is 0 Å². The molecular formula is C26H29N3O2S. The SMILES string of the molecule is Cc1ccc(CN2C(=O)c3[nH]c4ccccc4c3SCC2(C)C(=O)NC2CCCC2)cc1. The largest absolute Gasteiger partial charge is 0.351 e. The molecule has 2 N–H and O–H groups in total. The summed E-state index contributed by atoms with van der Waals surface area (Å²) in [7, 11) is 0. The number of amides is 2. The van der Waals surface area contributed by atoms with Crippen molar-refractivity contribution in [3.05, 3.63) is 65.4 Å². The number of aryl methyl sites for hydroxylation is 1. The van der Waals surface area contributed by atoms with Crippen LogP contribution in [0.15, 0.2) is 53.4 Å². The van der Waals surface area contributed by atoms with Crippen LogP contribution in [0.25, 0.3) is 10.9 Å². The second-order valence-corrected chi connectivity index (χ2v) is 10.3. The fourth-order valence-corrected chi connectivity index (χ4v) is 6.12. The number of hydrogen-bond acceptors (Lipinski definition) is 3. The molecule has 2 heterocycles. The van der Waals surface area contributed by atoms with Crippen molar-refractivity contribution in [1.29, 1.82) is 0 Å². The molecule has 2 aromatic carbocycles. The van der Waals surface area contributed by atoms with Gasteiger partial charge < -0.3 is 15.2 Å². The number of hydrogen-bond donors (Lipinski definition) is 2. The highest BCUT2D eigenvalue weighted by Crippen LogP contribution is 2.40. The lowest BCUT2D eigenvalue weighted by Crippen LogP contribution is -2.60. The Morgan fingerprint density at radius 1 is 1.16 bits per heavy atom. The number of aromatic nitrogens is 1. The number of nitrogens with one attached hydrogen (secondary N) is 2. The molecule has 1 saturated carbocycles. The van der Waals surface area contributed by atoms with Gasteiger partial charge in [0, 0.05) is 34.1 Å². The van der Waals surface area contributed by atoms with Crippen molar-refractivity contribution in [3.8, 4) is 0 Å². The van der Waals surface area contributed by atoms with Gasteiger partial charge in [0.2, 0.25) is 5.91 Å². The van der Waals surface area contributed by atoms with E-state index < -0.39 is 5.54 Å². The summed E-state index contributed by atoms with van der Waals surface area (Å²) in [4.78, 5) is 33.6. The van der Waals surface area contributed by atoms with Gasteiger partial charge in [0.15, 0.2) is 0 Å². The van der Waals surface area contributed by atoms with Crippen molar-refractivity contribution >= 4 is 34.5 Å². The Morgan fingerprint density at radius 2 is 1.88 bits per heavy atom. The van der Waals surface area contributed by atoms with Gasteiger partial charge in [-0.2, -0.15) is 0 Å². The van der Waals surface area contributed by atoms with E-state index in [9.17, 15) is 9.59 Å². The fraction of sp³-hybridized carbons (Fsp3) is 0.385. The van der Waals surface area contributed by atoms with Crippen molar-refractivity contribution in [2.45, 2.75) is 62.6 Å². The normalized spacial score (nSPS) is 21.6. The highest BCUT2D eigenvalue weighted by molar-refractivity contribution is 7.99. The minimum absolute atomic E-state index is 0.0492.